The van der Waals surface area contributed by atoms with Crippen molar-refractivity contribution in [1.82, 2.24) is 25.5 Å². The Bertz CT molecular complexity index is 343. The smallest absolute Gasteiger partial charge is 0.176 e. The van der Waals surface area contributed by atoms with Crippen molar-refractivity contribution in [3.05, 3.63) is 5.82 Å². The fraction of sp³-hybridized carbons (Fsp3) is 0.923. The molecule has 1 N–H and O–H groups in total. The van der Waals surface area contributed by atoms with E-state index < -0.39 is 0 Å². The molecule has 1 unspecified atom stereocenters. The van der Waals surface area contributed by atoms with E-state index in [4.69, 9.17) is 0 Å². The summed E-state index contributed by atoms with van der Waals surface area (Å²) in [7, 11) is 1.82. The van der Waals surface area contributed by atoms with E-state index in [1.54, 1.807) is 0 Å². The van der Waals surface area contributed by atoms with Crippen LogP contribution in [0.4, 0.5) is 0 Å². The maximum absolute atomic E-state index is 4.27. The molecule has 1 aromatic rings. The lowest BCUT2D eigenvalue weighted by molar-refractivity contribution is 0.403. The Morgan fingerprint density at radius 3 is 2.78 bits per heavy atom. The summed E-state index contributed by atoms with van der Waals surface area (Å²) in [6.45, 7) is 3.17. The minimum absolute atomic E-state index is 0.500. The summed E-state index contributed by atoms with van der Waals surface area (Å²) in [6, 6.07) is 0.500. The van der Waals surface area contributed by atoms with Crippen LogP contribution in [-0.2, 0) is 13.5 Å². The first-order chi connectivity index (χ1) is 8.78. The van der Waals surface area contributed by atoms with Gasteiger partial charge in [-0.05, 0) is 30.5 Å². The molecule has 1 atom stereocenters. The van der Waals surface area contributed by atoms with Crippen molar-refractivity contribution >= 4 is 0 Å². The van der Waals surface area contributed by atoms with E-state index in [-0.39, 0.29) is 0 Å². The molecule has 102 valence electrons. The average molecular weight is 251 g/mol. The molecule has 1 fully saturated rings. The maximum Gasteiger partial charge on any atom is 0.176 e. The summed E-state index contributed by atoms with van der Waals surface area (Å²) < 4.78 is 0. The Morgan fingerprint density at radius 2 is 2.17 bits per heavy atom. The number of hydrogen-bond donors (Lipinski definition) is 1. The van der Waals surface area contributed by atoms with Gasteiger partial charge in [0.05, 0.1) is 7.05 Å². The SMILES string of the molecule is CCNC(CCC1CCCC1)Cc1nnn(C)n1. The summed E-state index contributed by atoms with van der Waals surface area (Å²) in [6.07, 6.45) is 9.21. The maximum atomic E-state index is 4.27. The van der Waals surface area contributed by atoms with E-state index in [2.05, 4.69) is 27.7 Å². The Kier molecular flexibility index (Phi) is 5.11. The average Bonchev–Trinajstić information content (AvgIpc) is 2.98. The molecular weight excluding hydrogens is 226 g/mol. The Balaban J connectivity index is 1.79. The van der Waals surface area contributed by atoms with Crippen LogP contribution in [0.25, 0.3) is 0 Å². The predicted molar refractivity (Wildman–Crippen MR) is 71.2 cm³/mol. The summed E-state index contributed by atoms with van der Waals surface area (Å²) in [5, 5.41) is 15.8. The van der Waals surface area contributed by atoms with E-state index >= 15 is 0 Å². The fourth-order valence-corrected chi connectivity index (χ4v) is 2.93. The highest BCUT2D eigenvalue weighted by atomic mass is 15.6. The molecule has 0 saturated heterocycles. The lowest BCUT2D eigenvalue weighted by Crippen LogP contribution is -2.31. The van der Waals surface area contributed by atoms with E-state index in [0.717, 1.165) is 24.7 Å². The van der Waals surface area contributed by atoms with Crippen LogP contribution in [0.15, 0.2) is 0 Å². The zero-order valence-electron chi connectivity index (χ0n) is 11.6. The second-order valence-electron chi connectivity index (χ2n) is 5.38. The van der Waals surface area contributed by atoms with Crippen molar-refractivity contribution in [1.29, 1.82) is 0 Å². The van der Waals surface area contributed by atoms with Gasteiger partial charge in [0.15, 0.2) is 5.82 Å². The minimum Gasteiger partial charge on any atom is -0.314 e. The topological polar surface area (TPSA) is 55.6 Å². The van der Waals surface area contributed by atoms with E-state index in [9.17, 15) is 0 Å². The van der Waals surface area contributed by atoms with Crippen LogP contribution in [0.5, 0.6) is 0 Å². The van der Waals surface area contributed by atoms with Gasteiger partial charge in [-0.1, -0.05) is 32.6 Å². The van der Waals surface area contributed by atoms with E-state index in [1.807, 2.05) is 7.05 Å². The summed E-state index contributed by atoms with van der Waals surface area (Å²) in [5.41, 5.74) is 0. The summed E-state index contributed by atoms with van der Waals surface area (Å²) in [4.78, 5) is 1.54. The van der Waals surface area contributed by atoms with Crippen molar-refractivity contribution in [2.45, 2.75) is 57.9 Å². The molecule has 0 radical (unpaired) electrons. The van der Waals surface area contributed by atoms with Crippen molar-refractivity contribution < 1.29 is 0 Å². The van der Waals surface area contributed by atoms with E-state index in [0.29, 0.717) is 6.04 Å². The predicted octanol–water partition coefficient (Wildman–Crippen LogP) is 1.70. The number of likely N-dealkylation sites (N-methyl/N-ethyl adjacent to an activating group) is 1. The zero-order chi connectivity index (χ0) is 12.8. The second kappa shape index (κ2) is 6.83. The molecule has 0 bridgehead atoms. The molecule has 1 heterocycles. The van der Waals surface area contributed by atoms with Gasteiger partial charge in [-0.3, -0.25) is 0 Å². The van der Waals surface area contributed by atoms with Gasteiger partial charge < -0.3 is 5.32 Å². The Labute approximate surface area is 109 Å². The molecule has 5 nitrogen and oxygen atoms in total. The van der Waals surface area contributed by atoms with Crippen LogP contribution in [0, 0.1) is 5.92 Å². The van der Waals surface area contributed by atoms with Gasteiger partial charge >= 0.3 is 0 Å². The lowest BCUT2D eigenvalue weighted by Gasteiger charge is -2.18. The molecule has 0 aromatic carbocycles. The molecule has 1 aliphatic rings. The normalized spacial score (nSPS) is 18.3. The van der Waals surface area contributed by atoms with Crippen LogP contribution < -0.4 is 5.32 Å². The van der Waals surface area contributed by atoms with Crippen LogP contribution in [-0.4, -0.2) is 32.8 Å². The third-order valence-corrected chi connectivity index (χ3v) is 3.87. The van der Waals surface area contributed by atoms with Gasteiger partial charge in [0.2, 0.25) is 0 Å². The molecule has 2 rings (SSSR count). The monoisotopic (exact) mass is 251 g/mol. The quantitative estimate of drug-likeness (QED) is 0.801. The third-order valence-electron chi connectivity index (χ3n) is 3.87. The Morgan fingerprint density at radius 1 is 1.39 bits per heavy atom. The Hall–Kier alpha value is -0.970. The standard InChI is InChI=1S/C13H25N5/c1-3-14-12(9-8-11-6-4-5-7-11)10-13-15-17-18(2)16-13/h11-12,14H,3-10H2,1-2H3. The van der Waals surface area contributed by atoms with Gasteiger partial charge in [0.25, 0.3) is 0 Å². The molecule has 0 aliphatic heterocycles. The molecule has 5 heteroatoms. The number of nitrogens with zero attached hydrogens (tertiary/aromatic N) is 4. The van der Waals surface area contributed by atoms with Crippen LogP contribution in [0.3, 0.4) is 0 Å². The molecule has 0 amide bonds. The molecule has 1 aliphatic carbocycles. The summed E-state index contributed by atoms with van der Waals surface area (Å²) in [5.74, 6) is 1.82. The largest absolute Gasteiger partial charge is 0.314 e. The van der Waals surface area contributed by atoms with Gasteiger partial charge in [-0.2, -0.15) is 4.80 Å². The van der Waals surface area contributed by atoms with Crippen molar-refractivity contribution in [2.24, 2.45) is 13.0 Å². The number of nitrogens with one attached hydrogen (secondary N) is 1. The van der Waals surface area contributed by atoms with Gasteiger partial charge in [0, 0.05) is 12.5 Å². The highest BCUT2D eigenvalue weighted by Crippen LogP contribution is 2.29. The first kappa shape index (κ1) is 13.5. The molecule has 1 aromatic heterocycles. The number of aromatic nitrogens is 4. The number of hydrogen-bond acceptors (Lipinski definition) is 4. The van der Waals surface area contributed by atoms with Crippen molar-refractivity contribution in [2.75, 3.05) is 6.54 Å². The number of rotatable bonds is 7. The highest BCUT2D eigenvalue weighted by molar-refractivity contribution is 4.85. The van der Waals surface area contributed by atoms with Crippen LogP contribution >= 0.6 is 0 Å². The fourth-order valence-electron chi connectivity index (χ4n) is 2.93. The van der Waals surface area contributed by atoms with Gasteiger partial charge in [0.1, 0.15) is 0 Å². The van der Waals surface area contributed by atoms with Crippen molar-refractivity contribution in [3.8, 4) is 0 Å². The highest BCUT2D eigenvalue weighted by Gasteiger charge is 2.18. The van der Waals surface area contributed by atoms with Crippen molar-refractivity contribution in [3.63, 3.8) is 0 Å². The second-order valence-corrected chi connectivity index (χ2v) is 5.38. The zero-order valence-corrected chi connectivity index (χ0v) is 11.6. The molecule has 1 saturated carbocycles. The van der Waals surface area contributed by atoms with Gasteiger partial charge in [-0.25, -0.2) is 0 Å². The first-order valence-corrected chi connectivity index (χ1v) is 7.24. The summed E-state index contributed by atoms with van der Waals surface area (Å²) >= 11 is 0. The van der Waals surface area contributed by atoms with Crippen LogP contribution in [0.2, 0.25) is 0 Å². The third kappa shape index (κ3) is 4.05. The first-order valence-electron chi connectivity index (χ1n) is 7.24. The number of tetrazole rings is 1. The minimum atomic E-state index is 0.500. The molecule has 18 heavy (non-hydrogen) atoms. The van der Waals surface area contributed by atoms with Crippen LogP contribution in [0.1, 0.15) is 51.3 Å². The lowest BCUT2D eigenvalue weighted by atomic mass is 9.97. The molecule has 0 spiro atoms. The van der Waals surface area contributed by atoms with Gasteiger partial charge in [-0.15, -0.1) is 10.2 Å². The molecular formula is C13H25N5. The van der Waals surface area contributed by atoms with E-state index in [1.165, 1.54) is 43.3 Å². The number of aryl methyl sites for hydroxylation is 1.